The molecule has 2 heterocycles. The number of aromatic nitrogens is 4. The summed E-state index contributed by atoms with van der Waals surface area (Å²) in [6.45, 7) is 4.42. The fraction of sp³-hybridized carbons (Fsp3) is 0.207. The van der Waals surface area contributed by atoms with E-state index in [4.69, 9.17) is 0 Å². The largest absolute Gasteiger partial charge is 0.493 e. The van der Waals surface area contributed by atoms with Gasteiger partial charge in [0.1, 0.15) is 11.6 Å². The highest BCUT2D eigenvalue weighted by atomic mass is 19.4. The van der Waals surface area contributed by atoms with Gasteiger partial charge < -0.3 is 20.4 Å². The first-order chi connectivity index (χ1) is 22.0. The summed E-state index contributed by atoms with van der Waals surface area (Å²) in [6, 6.07) is 6.41. The Labute approximate surface area is 262 Å². The number of benzene rings is 2. The van der Waals surface area contributed by atoms with Gasteiger partial charge in [-0.05, 0) is 56.1 Å². The summed E-state index contributed by atoms with van der Waals surface area (Å²) >= 11 is 0. The maximum Gasteiger partial charge on any atom is 0.493 e. The highest BCUT2D eigenvalue weighted by Crippen LogP contribution is 2.35. The summed E-state index contributed by atoms with van der Waals surface area (Å²) in [5.41, 5.74) is -1.16. The van der Waals surface area contributed by atoms with Crippen LogP contribution in [0.5, 0.6) is 0 Å². The molecule has 2 aromatic heterocycles. The second-order valence-electron chi connectivity index (χ2n) is 9.95. The highest BCUT2D eigenvalue weighted by Gasteiger charge is 2.43. The van der Waals surface area contributed by atoms with Crippen LogP contribution in [0.4, 0.5) is 59.6 Å². The first-order valence-electron chi connectivity index (χ1n) is 13.4. The first kappa shape index (κ1) is 34.4. The van der Waals surface area contributed by atoms with Crippen LogP contribution >= 0.6 is 0 Å². The van der Waals surface area contributed by atoms with Crippen molar-refractivity contribution in [1.82, 2.24) is 24.6 Å². The Balaban J connectivity index is 1.73. The van der Waals surface area contributed by atoms with Gasteiger partial charge in [-0.25, -0.2) is 14.2 Å². The second kappa shape index (κ2) is 13.9. The maximum absolute atomic E-state index is 15.1. The van der Waals surface area contributed by atoms with Crippen molar-refractivity contribution in [3.05, 3.63) is 85.1 Å². The van der Waals surface area contributed by atoms with Crippen molar-refractivity contribution < 1.29 is 45.2 Å². The van der Waals surface area contributed by atoms with Gasteiger partial charge >= 0.3 is 18.3 Å². The number of amides is 1. The van der Waals surface area contributed by atoms with E-state index in [1.807, 2.05) is 19.0 Å². The van der Waals surface area contributed by atoms with Gasteiger partial charge in [0.25, 0.3) is 5.91 Å². The van der Waals surface area contributed by atoms with Gasteiger partial charge in [0, 0.05) is 24.5 Å². The van der Waals surface area contributed by atoms with Crippen LogP contribution < -0.4 is 15.7 Å². The van der Waals surface area contributed by atoms with Gasteiger partial charge in [0.05, 0.1) is 35.4 Å². The third-order valence-electron chi connectivity index (χ3n) is 6.20. The fourth-order valence-corrected chi connectivity index (χ4v) is 3.87. The number of hydroxylamine groups is 1. The number of hydrogen-bond acceptors (Lipinski definition) is 9. The van der Waals surface area contributed by atoms with E-state index in [-0.39, 0.29) is 28.0 Å². The van der Waals surface area contributed by atoms with Crippen LogP contribution in [0.2, 0.25) is 0 Å². The average Bonchev–Trinajstić information content (AvgIpc) is 3.46. The minimum absolute atomic E-state index is 0.0366. The number of anilines is 5. The van der Waals surface area contributed by atoms with E-state index in [1.54, 1.807) is 10.9 Å². The quantitative estimate of drug-likeness (QED) is 0.118. The van der Waals surface area contributed by atoms with Crippen LogP contribution in [-0.2, 0) is 27.1 Å². The molecule has 0 atom stereocenters. The topological polar surface area (TPSA) is 118 Å². The van der Waals surface area contributed by atoms with Gasteiger partial charge in [-0.2, -0.15) is 36.4 Å². The van der Waals surface area contributed by atoms with E-state index in [0.717, 1.165) is 42.5 Å². The lowest BCUT2D eigenvalue weighted by Crippen LogP contribution is -2.38. The Hall–Kier alpha value is -5.52. The number of rotatable bonds is 10. The summed E-state index contributed by atoms with van der Waals surface area (Å²) < 4.78 is 95.0. The third kappa shape index (κ3) is 8.81. The molecule has 0 bridgehead atoms. The molecule has 11 nitrogen and oxygen atoms in total. The van der Waals surface area contributed by atoms with E-state index < -0.39 is 47.0 Å². The van der Waals surface area contributed by atoms with Gasteiger partial charge in [-0.15, -0.1) is 5.06 Å². The molecule has 0 fully saturated rings. The molecule has 2 aromatic carbocycles. The van der Waals surface area contributed by atoms with Crippen LogP contribution in [-0.4, -0.2) is 63.3 Å². The average molecular weight is 667 g/mol. The zero-order valence-electron chi connectivity index (χ0n) is 24.5. The molecular weight excluding hydrogens is 641 g/mol. The van der Waals surface area contributed by atoms with Crippen molar-refractivity contribution in [3.8, 4) is 11.1 Å². The Morgan fingerprint density at radius 2 is 1.72 bits per heavy atom. The number of nitrogens with zero attached hydrogens (tertiary/aromatic N) is 6. The zero-order valence-corrected chi connectivity index (χ0v) is 24.5. The molecule has 0 radical (unpaired) electrons. The molecule has 1 amide bonds. The minimum Gasteiger partial charge on any atom is -0.337 e. The van der Waals surface area contributed by atoms with Crippen LogP contribution in [0, 0.1) is 5.82 Å². The minimum atomic E-state index is -5.47. The maximum atomic E-state index is 15.1. The molecule has 0 aliphatic heterocycles. The molecule has 248 valence electrons. The first-order valence-corrected chi connectivity index (χ1v) is 13.4. The summed E-state index contributed by atoms with van der Waals surface area (Å²) in [5.74, 6) is -5.21. The number of alkyl halides is 6. The predicted molar refractivity (Wildman–Crippen MR) is 156 cm³/mol. The number of nitrogens with one attached hydrogen (secondary N) is 2. The third-order valence-corrected chi connectivity index (χ3v) is 6.20. The molecule has 0 saturated heterocycles. The molecule has 4 aromatic rings. The molecule has 18 heteroatoms. The number of halogens is 7. The number of carbonyl (C=O) groups excluding carboxylic acids is 2. The second-order valence-corrected chi connectivity index (χ2v) is 9.95. The van der Waals surface area contributed by atoms with Crippen LogP contribution in [0.15, 0.2) is 73.7 Å². The van der Waals surface area contributed by atoms with Gasteiger partial charge in [0.2, 0.25) is 5.95 Å². The van der Waals surface area contributed by atoms with Crippen molar-refractivity contribution in [1.29, 1.82) is 0 Å². The fourth-order valence-electron chi connectivity index (χ4n) is 3.87. The van der Waals surface area contributed by atoms with Crippen LogP contribution in [0.1, 0.15) is 5.56 Å². The Bertz CT molecular complexity index is 1760. The Morgan fingerprint density at radius 1 is 1.02 bits per heavy atom. The predicted octanol–water partition coefficient (Wildman–Crippen LogP) is 6.09. The van der Waals surface area contributed by atoms with Crippen molar-refractivity contribution >= 4 is 40.7 Å². The summed E-state index contributed by atoms with van der Waals surface area (Å²) in [4.78, 5) is 38.5. The smallest absolute Gasteiger partial charge is 0.337 e. The molecule has 0 spiro atoms. The molecule has 0 unspecified atom stereocenters. The van der Waals surface area contributed by atoms with E-state index in [1.165, 1.54) is 12.4 Å². The summed E-state index contributed by atoms with van der Waals surface area (Å²) in [6.07, 6.45) is -5.11. The summed E-state index contributed by atoms with van der Waals surface area (Å²) in [5, 5.41) is 9.76. The number of carbonyl (C=O) groups is 2. The normalized spacial score (nSPS) is 11.7. The van der Waals surface area contributed by atoms with Gasteiger partial charge in [-0.3, -0.25) is 9.48 Å². The summed E-state index contributed by atoms with van der Waals surface area (Å²) in [7, 11) is 3.79. The standard InChI is InChI=1S/C29H25F7N8O3/c1-4-24(45)44(47-26(46)29(34,35)36)20-9-10-22(30)23(13-20)40-25-21(17-5-7-18(8-6-17)28(31,32)33)15-37-27(41-25)39-19-14-38-43(16-19)12-11-42(2)3/h4-10,13-16H,1,11-12H2,2-3H3,(H2,37,39,40,41). The molecular formula is C29H25F7N8O3. The van der Waals surface area contributed by atoms with E-state index in [2.05, 4.69) is 37.1 Å². The lowest BCUT2D eigenvalue weighted by Gasteiger charge is -2.21. The lowest BCUT2D eigenvalue weighted by molar-refractivity contribution is -0.201. The van der Waals surface area contributed by atoms with Crippen LogP contribution in [0.25, 0.3) is 11.1 Å². The molecule has 2 N–H and O–H groups in total. The molecule has 0 saturated carbocycles. The molecule has 4 rings (SSSR count). The van der Waals surface area contributed by atoms with E-state index in [0.29, 0.717) is 24.9 Å². The van der Waals surface area contributed by atoms with Crippen molar-refractivity contribution in [2.45, 2.75) is 18.9 Å². The van der Waals surface area contributed by atoms with Crippen molar-refractivity contribution in [2.24, 2.45) is 0 Å². The van der Waals surface area contributed by atoms with E-state index >= 15 is 4.39 Å². The van der Waals surface area contributed by atoms with Gasteiger partial charge in [-0.1, -0.05) is 18.7 Å². The van der Waals surface area contributed by atoms with E-state index in [9.17, 15) is 35.9 Å². The number of hydrogen-bond donors (Lipinski definition) is 2. The zero-order chi connectivity index (χ0) is 34.5. The SMILES string of the molecule is C=CC(=O)N(OC(=O)C(F)(F)F)c1ccc(F)c(Nc2nc(Nc3cnn(CCN(C)C)c3)ncc2-c2ccc(C(F)(F)F)cc2)c1. The Morgan fingerprint density at radius 3 is 2.34 bits per heavy atom. The monoisotopic (exact) mass is 666 g/mol. The highest BCUT2D eigenvalue weighted by molar-refractivity contribution is 6.01. The van der Waals surface area contributed by atoms with Crippen LogP contribution in [0.3, 0.4) is 0 Å². The number of likely N-dealkylation sites (N-methyl/N-ethyl adjacent to an activating group) is 1. The molecule has 0 aliphatic carbocycles. The Kier molecular flexibility index (Phi) is 10.1. The molecule has 0 aliphatic rings. The lowest BCUT2D eigenvalue weighted by atomic mass is 10.1. The van der Waals surface area contributed by atoms with Crippen molar-refractivity contribution in [2.75, 3.05) is 36.3 Å². The van der Waals surface area contributed by atoms with Crippen molar-refractivity contribution in [3.63, 3.8) is 0 Å². The molecule has 47 heavy (non-hydrogen) atoms. The van der Waals surface area contributed by atoms with Gasteiger partial charge in [0.15, 0.2) is 0 Å².